The molecule has 7 heteroatoms. The summed E-state index contributed by atoms with van der Waals surface area (Å²) in [7, 11) is 0. The van der Waals surface area contributed by atoms with Crippen molar-refractivity contribution in [3.05, 3.63) is 16.4 Å². The molecule has 0 aliphatic heterocycles. The first-order valence-corrected chi connectivity index (χ1v) is 6.80. The van der Waals surface area contributed by atoms with E-state index < -0.39 is 0 Å². The van der Waals surface area contributed by atoms with Gasteiger partial charge in [-0.15, -0.1) is 0 Å². The van der Waals surface area contributed by atoms with Crippen LogP contribution in [0.25, 0.3) is 0 Å². The van der Waals surface area contributed by atoms with E-state index in [1.165, 1.54) is 0 Å². The summed E-state index contributed by atoms with van der Waals surface area (Å²) in [6, 6.07) is 0. The molecule has 0 aliphatic rings. The minimum absolute atomic E-state index is 0.0544. The molecule has 0 saturated carbocycles. The number of carbonyl (C=O) groups is 2. The van der Waals surface area contributed by atoms with Gasteiger partial charge >= 0.3 is 0 Å². The highest BCUT2D eigenvalue weighted by Gasteiger charge is 2.05. The predicted octanol–water partition coefficient (Wildman–Crippen LogP) is 2.01. The van der Waals surface area contributed by atoms with Crippen LogP contribution < -0.4 is 5.32 Å². The highest BCUT2D eigenvalue weighted by molar-refractivity contribution is 9.10. The smallest absolute Gasteiger partial charge is 0.221 e. The van der Waals surface area contributed by atoms with E-state index in [0.29, 0.717) is 25.9 Å². The van der Waals surface area contributed by atoms with Crippen LogP contribution in [0.5, 0.6) is 0 Å². The van der Waals surface area contributed by atoms with E-state index in [4.69, 9.17) is 11.6 Å². The Morgan fingerprint density at radius 3 is 2.78 bits per heavy atom. The molecule has 0 fully saturated rings. The van der Waals surface area contributed by atoms with E-state index in [2.05, 4.69) is 26.3 Å². The third kappa shape index (κ3) is 5.64. The normalized spacial score (nSPS) is 10.4. The second-order valence-electron chi connectivity index (χ2n) is 3.88. The lowest BCUT2D eigenvalue weighted by Crippen LogP contribution is -2.25. The lowest BCUT2D eigenvalue weighted by molar-refractivity contribution is -0.121. The van der Waals surface area contributed by atoms with Crippen LogP contribution in [-0.4, -0.2) is 27.5 Å². The number of aromatic nitrogens is 2. The second kappa shape index (κ2) is 7.53. The summed E-state index contributed by atoms with van der Waals surface area (Å²) in [5, 5.41) is 6.58. The van der Waals surface area contributed by atoms with Crippen molar-refractivity contribution in [1.29, 1.82) is 0 Å². The van der Waals surface area contributed by atoms with Crippen molar-refractivity contribution in [2.24, 2.45) is 0 Å². The zero-order chi connectivity index (χ0) is 13.5. The Morgan fingerprint density at radius 1 is 1.50 bits per heavy atom. The lowest BCUT2D eigenvalue weighted by Gasteiger charge is -2.04. The van der Waals surface area contributed by atoms with E-state index in [1.54, 1.807) is 4.68 Å². The van der Waals surface area contributed by atoms with Crippen LogP contribution in [0.4, 0.5) is 0 Å². The van der Waals surface area contributed by atoms with Crippen molar-refractivity contribution in [3.8, 4) is 0 Å². The van der Waals surface area contributed by atoms with Crippen LogP contribution in [-0.2, 0) is 16.1 Å². The third-order valence-corrected chi connectivity index (χ3v) is 3.29. The van der Waals surface area contributed by atoms with Gasteiger partial charge in [0.25, 0.3) is 0 Å². The highest BCUT2D eigenvalue weighted by Crippen LogP contribution is 2.13. The van der Waals surface area contributed by atoms with Gasteiger partial charge in [-0.2, -0.15) is 5.10 Å². The molecule has 1 N–H and O–H groups in total. The van der Waals surface area contributed by atoms with Gasteiger partial charge in [0, 0.05) is 32.1 Å². The number of hydrogen-bond donors (Lipinski definition) is 1. The van der Waals surface area contributed by atoms with Gasteiger partial charge in [-0.25, -0.2) is 0 Å². The molecule has 1 aromatic heterocycles. The molecule has 0 atom stereocenters. The number of carbonyl (C=O) groups excluding carboxylic acids is 2. The molecule has 1 amide bonds. The van der Waals surface area contributed by atoms with Crippen LogP contribution in [0.15, 0.2) is 10.7 Å². The van der Waals surface area contributed by atoms with E-state index in [0.717, 1.165) is 10.2 Å². The first-order chi connectivity index (χ1) is 8.49. The minimum atomic E-state index is -0.374. The maximum atomic E-state index is 11.5. The zero-order valence-electron chi connectivity index (χ0n) is 10.1. The van der Waals surface area contributed by atoms with Crippen LogP contribution >= 0.6 is 27.5 Å². The molecule has 18 heavy (non-hydrogen) atoms. The fraction of sp³-hybridized carbons (Fsp3) is 0.545. The Kier molecular flexibility index (Phi) is 6.35. The number of aryl methyl sites for hydroxylation is 2. The molecular formula is C11H15BrClN3O2. The van der Waals surface area contributed by atoms with Crippen molar-refractivity contribution >= 4 is 38.7 Å². The molecular weight excluding hydrogens is 321 g/mol. The summed E-state index contributed by atoms with van der Waals surface area (Å²) < 4.78 is 2.66. The Labute approximate surface area is 119 Å². The third-order valence-electron chi connectivity index (χ3n) is 2.33. The van der Waals surface area contributed by atoms with Gasteiger partial charge in [0.15, 0.2) is 0 Å². The van der Waals surface area contributed by atoms with Crippen LogP contribution in [0.3, 0.4) is 0 Å². The van der Waals surface area contributed by atoms with E-state index in [1.807, 2.05) is 13.1 Å². The molecule has 0 bridgehead atoms. The average molecular weight is 337 g/mol. The molecule has 5 nitrogen and oxygen atoms in total. The largest absolute Gasteiger partial charge is 0.356 e. The van der Waals surface area contributed by atoms with Gasteiger partial charge in [-0.1, -0.05) is 0 Å². The number of halogens is 2. The van der Waals surface area contributed by atoms with E-state index in [-0.39, 0.29) is 17.6 Å². The van der Waals surface area contributed by atoms with Gasteiger partial charge in [-0.05, 0) is 40.9 Å². The predicted molar refractivity (Wildman–Crippen MR) is 72.4 cm³/mol. The fourth-order valence-corrected chi connectivity index (χ4v) is 1.82. The first-order valence-electron chi connectivity index (χ1n) is 5.63. The number of nitrogens with one attached hydrogen (secondary N) is 1. The highest BCUT2D eigenvalue weighted by atomic mass is 79.9. The van der Waals surface area contributed by atoms with Crippen LogP contribution in [0.2, 0.25) is 0 Å². The van der Waals surface area contributed by atoms with Crippen molar-refractivity contribution < 1.29 is 9.59 Å². The molecule has 0 radical (unpaired) electrons. The topological polar surface area (TPSA) is 64.0 Å². The monoisotopic (exact) mass is 335 g/mol. The minimum Gasteiger partial charge on any atom is -0.356 e. The quantitative estimate of drug-likeness (QED) is 0.612. The van der Waals surface area contributed by atoms with E-state index >= 15 is 0 Å². The van der Waals surface area contributed by atoms with Gasteiger partial charge < -0.3 is 5.32 Å². The summed E-state index contributed by atoms with van der Waals surface area (Å²) in [6.07, 6.45) is 3.06. The Balaban J connectivity index is 2.19. The Morgan fingerprint density at radius 2 is 2.22 bits per heavy atom. The maximum absolute atomic E-state index is 11.5. The molecule has 0 spiro atoms. The summed E-state index contributed by atoms with van der Waals surface area (Å²) in [5.41, 5.74) is 0.899. The fourth-order valence-electron chi connectivity index (χ4n) is 1.37. The second-order valence-corrected chi connectivity index (χ2v) is 5.16. The van der Waals surface area contributed by atoms with Crippen LogP contribution in [0, 0.1) is 6.92 Å². The first kappa shape index (κ1) is 15.2. The molecule has 0 aromatic carbocycles. The lowest BCUT2D eigenvalue weighted by atomic mass is 10.3. The van der Waals surface area contributed by atoms with Crippen molar-refractivity contribution in [3.63, 3.8) is 0 Å². The Bertz CT molecular complexity index is 414. The maximum Gasteiger partial charge on any atom is 0.221 e. The van der Waals surface area contributed by atoms with Gasteiger partial charge in [-0.3, -0.25) is 14.3 Å². The van der Waals surface area contributed by atoms with Gasteiger partial charge in [0.05, 0.1) is 10.2 Å². The average Bonchev–Trinajstić information content (AvgIpc) is 2.61. The molecule has 1 heterocycles. The van der Waals surface area contributed by atoms with Crippen molar-refractivity contribution in [2.75, 3.05) is 6.54 Å². The molecule has 0 saturated heterocycles. The Hall–Kier alpha value is -0.880. The van der Waals surface area contributed by atoms with Crippen molar-refractivity contribution in [2.45, 2.75) is 32.7 Å². The standard InChI is InChI=1S/C11H15BrClN3O2/c1-8-9(12)7-16(15-8)6-4-11(18)14-5-2-3-10(13)17/h7H,2-6H2,1H3,(H,14,18). The summed E-state index contributed by atoms with van der Waals surface area (Å²) >= 11 is 8.54. The zero-order valence-corrected chi connectivity index (χ0v) is 12.4. The van der Waals surface area contributed by atoms with Crippen LogP contribution in [0.1, 0.15) is 25.0 Å². The molecule has 0 unspecified atom stereocenters. The molecule has 100 valence electrons. The molecule has 1 rings (SSSR count). The number of rotatable bonds is 7. The molecule has 1 aromatic rings. The number of amides is 1. The SMILES string of the molecule is Cc1nn(CCC(=O)NCCCC(=O)Cl)cc1Br. The number of nitrogens with zero attached hydrogens (tertiary/aromatic N) is 2. The van der Waals surface area contributed by atoms with Crippen molar-refractivity contribution in [1.82, 2.24) is 15.1 Å². The van der Waals surface area contributed by atoms with E-state index in [9.17, 15) is 9.59 Å². The van der Waals surface area contributed by atoms with Gasteiger partial charge in [0.1, 0.15) is 0 Å². The number of hydrogen-bond acceptors (Lipinski definition) is 3. The summed E-state index contributed by atoms with van der Waals surface area (Å²) in [4.78, 5) is 21.9. The summed E-state index contributed by atoms with van der Waals surface area (Å²) in [5.74, 6) is -0.0544. The summed E-state index contributed by atoms with van der Waals surface area (Å²) in [6.45, 7) is 2.90. The molecule has 0 aliphatic carbocycles. The van der Waals surface area contributed by atoms with Gasteiger partial charge in [0.2, 0.25) is 11.1 Å².